The number of fused-ring (bicyclic) bond motifs is 5. The van der Waals surface area contributed by atoms with Gasteiger partial charge in [0, 0.05) is 5.41 Å². The molecule has 4 aromatic rings. The van der Waals surface area contributed by atoms with E-state index in [1.807, 2.05) is 0 Å². The van der Waals surface area contributed by atoms with Gasteiger partial charge < -0.3 is 0 Å². The fourth-order valence-electron chi connectivity index (χ4n) is 10.5. The number of allylic oxidation sites excluding steroid dienone is 4. The molecule has 0 fully saturated rings. The molecule has 47 heavy (non-hydrogen) atoms. The second-order valence-corrected chi connectivity index (χ2v) is 17.8. The van der Waals surface area contributed by atoms with Crippen molar-refractivity contribution in [3.05, 3.63) is 153 Å². The summed E-state index contributed by atoms with van der Waals surface area (Å²) in [5, 5.41) is 0. The van der Waals surface area contributed by atoms with Crippen molar-refractivity contribution in [3.8, 4) is 11.1 Å². The average Bonchev–Trinajstić information content (AvgIpc) is 3.71. The number of hydrogen-bond acceptors (Lipinski definition) is 0. The fourth-order valence-corrected chi connectivity index (χ4v) is 10.5. The summed E-state index contributed by atoms with van der Waals surface area (Å²) in [5.74, 6) is 0.365. The highest BCUT2D eigenvalue weighted by Crippen LogP contribution is 2.62. The highest BCUT2D eigenvalue weighted by atomic mass is 14.6. The van der Waals surface area contributed by atoms with Crippen LogP contribution in [0.2, 0.25) is 0 Å². The summed E-state index contributed by atoms with van der Waals surface area (Å²) in [5.41, 5.74) is 16.8. The molecule has 0 saturated carbocycles. The van der Waals surface area contributed by atoms with Crippen molar-refractivity contribution in [1.82, 2.24) is 0 Å². The third-order valence-corrected chi connectivity index (χ3v) is 13.3. The largest absolute Gasteiger partial charge is 0.0804 e. The summed E-state index contributed by atoms with van der Waals surface area (Å²) in [4.78, 5) is 0. The molecule has 0 aliphatic heterocycles. The SMILES string of the molecule is CC1(C)CCC(C)(C)c2cc3c(cc21)Cc1cc2c(cc1-3)C(C)(C)CC(C(C1=CC=CC1)(c1ccccc1)c1ccccc1)C2(C)C. The molecular formula is C47H52. The average molecular weight is 617 g/mol. The molecule has 0 amide bonds. The van der Waals surface area contributed by atoms with Gasteiger partial charge in [-0.25, -0.2) is 0 Å². The quantitative estimate of drug-likeness (QED) is 0.188. The van der Waals surface area contributed by atoms with Gasteiger partial charge in [-0.1, -0.05) is 164 Å². The number of hydrogen-bond donors (Lipinski definition) is 0. The molecular weight excluding hydrogens is 565 g/mol. The Morgan fingerprint density at radius 1 is 0.574 bits per heavy atom. The van der Waals surface area contributed by atoms with Crippen LogP contribution in [0, 0.1) is 5.92 Å². The lowest BCUT2D eigenvalue weighted by Gasteiger charge is -2.57. The minimum atomic E-state index is -0.233. The third-order valence-electron chi connectivity index (χ3n) is 13.3. The molecule has 0 saturated heterocycles. The Labute approximate surface area is 284 Å². The van der Waals surface area contributed by atoms with Gasteiger partial charge >= 0.3 is 0 Å². The molecule has 0 radical (unpaired) electrons. The van der Waals surface area contributed by atoms with Crippen LogP contribution in [0.15, 0.2) is 109 Å². The summed E-state index contributed by atoms with van der Waals surface area (Å²) in [7, 11) is 0. The molecule has 1 atom stereocenters. The molecule has 8 rings (SSSR count). The number of benzene rings is 4. The molecule has 4 aliphatic carbocycles. The Morgan fingerprint density at radius 3 is 1.57 bits per heavy atom. The standard InChI is InChI=1S/C47H52/c1-43(2)23-24-44(3,4)39-28-36-31(26-38(39)43)25-32-27-41-40(29-37(32)36)45(5,6)30-42(46(41,7)8)47(35-21-15-16-22-35,33-17-11-9-12-18-33)34-19-13-10-14-20-34/h9-21,26-29,42H,22-25,30H2,1-8H3. The van der Waals surface area contributed by atoms with Crippen LogP contribution >= 0.6 is 0 Å². The molecule has 1 unspecified atom stereocenters. The smallest absolute Gasteiger partial charge is 0.0453 e. The van der Waals surface area contributed by atoms with Crippen molar-refractivity contribution in [1.29, 1.82) is 0 Å². The van der Waals surface area contributed by atoms with Gasteiger partial charge in [0.2, 0.25) is 0 Å². The van der Waals surface area contributed by atoms with Crippen LogP contribution in [0.5, 0.6) is 0 Å². The van der Waals surface area contributed by atoms with Crippen molar-refractivity contribution in [2.24, 2.45) is 5.92 Å². The van der Waals surface area contributed by atoms with E-state index in [1.165, 1.54) is 51.8 Å². The van der Waals surface area contributed by atoms with Crippen molar-refractivity contribution < 1.29 is 0 Å². The van der Waals surface area contributed by atoms with Crippen LogP contribution in [-0.2, 0) is 33.5 Å². The van der Waals surface area contributed by atoms with E-state index in [0.29, 0.717) is 5.92 Å². The van der Waals surface area contributed by atoms with Gasteiger partial charge in [0.05, 0.1) is 0 Å². The van der Waals surface area contributed by atoms with Crippen LogP contribution in [0.4, 0.5) is 0 Å². The molecule has 0 bridgehead atoms. The van der Waals surface area contributed by atoms with Gasteiger partial charge in [-0.3, -0.25) is 0 Å². The summed E-state index contributed by atoms with van der Waals surface area (Å²) < 4.78 is 0. The minimum absolute atomic E-state index is 0.0180. The van der Waals surface area contributed by atoms with Gasteiger partial charge in [-0.05, 0) is 115 Å². The highest BCUT2D eigenvalue weighted by molar-refractivity contribution is 5.80. The van der Waals surface area contributed by atoms with Crippen molar-refractivity contribution >= 4 is 0 Å². The maximum absolute atomic E-state index is 2.66. The third kappa shape index (κ3) is 4.39. The lowest BCUT2D eigenvalue weighted by molar-refractivity contribution is 0.154. The molecule has 4 aromatic carbocycles. The monoisotopic (exact) mass is 616 g/mol. The van der Waals surface area contributed by atoms with E-state index < -0.39 is 0 Å². The van der Waals surface area contributed by atoms with Crippen LogP contribution in [0.3, 0.4) is 0 Å². The molecule has 0 spiro atoms. The fraction of sp³-hybridized carbons (Fsp3) is 0.404. The van der Waals surface area contributed by atoms with Gasteiger partial charge in [-0.2, -0.15) is 0 Å². The lowest BCUT2D eigenvalue weighted by atomic mass is 9.46. The maximum Gasteiger partial charge on any atom is 0.0453 e. The zero-order valence-electron chi connectivity index (χ0n) is 29.9. The van der Waals surface area contributed by atoms with E-state index in [9.17, 15) is 0 Å². The van der Waals surface area contributed by atoms with E-state index in [0.717, 1.165) is 19.3 Å². The summed E-state index contributed by atoms with van der Waals surface area (Å²) in [6, 6.07) is 33.5. The molecule has 0 heterocycles. The van der Waals surface area contributed by atoms with Crippen LogP contribution in [0.25, 0.3) is 11.1 Å². The topological polar surface area (TPSA) is 0 Å². The first-order valence-electron chi connectivity index (χ1n) is 18.1. The molecule has 240 valence electrons. The zero-order chi connectivity index (χ0) is 33.0. The van der Waals surface area contributed by atoms with Crippen molar-refractivity contribution in [2.75, 3.05) is 0 Å². The molecule has 0 aromatic heterocycles. The van der Waals surface area contributed by atoms with E-state index in [4.69, 9.17) is 0 Å². The van der Waals surface area contributed by atoms with Gasteiger partial charge in [0.15, 0.2) is 0 Å². The van der Waals surface area contributed by atoms with E-state index >= 15 is 0 Å². The Balaban J connectivity index is 1.34. The second-order valence-electron chi connectivity index (χ2n) is 17.8. The Kier molecular flexibility index (Phi) is 6.65. The summed E-state index contributed by atoms with van der Waals surface area (Å²) >= 11 is 0. The van der Waals surface area contributed by atoms with Gasteiger partial charge in [0.25, 0.3) is 0 Å². The van der Waals surface area contributed by atoms with Crippen LogP contribution < -0.4 is 0 Å². The summed E-state index contributed by atoms with van der Waals surface area (Å²) in [6.45, 7) is 20.0. The maximum atomic E-state index is 2.66. The lowest BCUT2D eigenvalue weighted by Crippen LogP contribution is -2.53. The Morgan fingerprint density at radius 2 is 1.06 bits per heavy atom. The highest BCUT2D eigenvalue weighted by Gasteiger charge is 2.56. The first-order valence-corrected chi connectivity index (χ1v) is 18.1. The Hall–Kier alpha value is -3.64. The second kappa shape index (κ2) is 10.2. The van der Waals surface area contributed by atoms with E-state index in [1.54, 1.807) is 22.3 Å². The first-order chi connectivity index (χ1) is 22.3. The zero-order valence-corrected chi connectivity index (χ0v) is 29.9. The van der Waals surface area contributed by atoms with Gasteiger partial charge in [-0.15, -0.1) is 0 Å². The molecule has 4 aliphatic rings. The first kappa shape index (κ1) is 30.7. The van der Waals surface area contributed by atoms with Crippen LogP contribution in [-0.4, -0.2) is 0 Å². The minimum Gasteiger partial charge on any atom is -0.0804 e. The van der Waals surface area contributed by atoms with E-state index in [2.05, 4.69) is 159 Å². The van der Waals surface area contributed by atoms with Gasteiger partial charge in [0.1, 0.15) is 0 Å². The predicted molar refractivity (Wildman–Crippen MR) is 200 cm³/mol. The molecule has 0 N–H and O–H groups in total. The predicted octanol–water partition coefficient (Wildman–Crippen LogP) is 12.1. The van der Waals surface area contributed by atoms with Crippen molar-refractivity contribution in [3.63, 3.8) is 0 Å². The molecule has 0 nitrogen and oxygen atoms in total. The Bertz CT molecular complexity index is 1900. The van der Waals surface area contributed by atoms with Crippen molar-refractivity contribution in [2.45, 2.75) is 115 Å². The normalized spacial score (nSPS) is 22.6. The number of rotatable bonds is 4. The van der Waals surface area contributed by atoms with Crippen LogP contribution in [0.1, 0.15) is 126 Å². The summed E-state index contributed by atoms with van der Waals surface area (Å²) in [6.07, 6.45) is 12.7. The van der Waals surface area contributed by atoms with E-state index in [-0.39, 0.29) is 27.1 Å². The molecule has 0 heteroatoms.